The van der Waals surface area contributed by atoms with Crippen LogP contribution in [0.5, 0.6) is 0 Å². The van der Waals surface area contributed by atoms with E-state index in [1.807, 2.05) is 37.3 Å². The summed E-state index contributed by atoms with van der Waals surface area (Å²) in [6.07, 6.45) is 2.14. The summed E-state index contributed by atoms with van der Waals surface area (Å²) in [5, 5.41) is 3.50. The molecule has 0 aliphatic heterocycles. The van der Waals surface area contributed by atoms with Gasteiger partial charge in [0.25, 0.3) is 0 Å². The second kappa shape index (κ2) is 9.24. The highest BCUT2D eigenvalue weighted by atomic mass is 35.5. The lowest BCUT2D eigenvalue weighted by molar-refractivity contribution is -0.123. The fourth-order valence-electron chi connectivity index (χ4n) is 3.02. The number of hydrogen-bond acceptors (Lipinski definition) is 3. The molecule has 2 aromatic carbocycles. The van der Waals surface area contributed by atoms with Gasteiger partial charge in [-0.05, 0) is 42.7 Å². The van der Waals surface area contributed by atoms with Gasteiger partial charge in [-0.2, -0.15) is 0 Å². The van der Waals surface area contributed by atoms with Crippen molar-refractivity contribution in [1.82, 2.24) is 5.32 Å². The Morgan fingerprint density at radius 1 is 1.04 bits per heavy atom. The minimum absolute atomic E-state index is 0.181. The van der Waals surface area contributed by atoms with E-state index < -0.39 is 16.1 Å². The summed E-state index contributed by atoms with van der Waals surface area (Å²) in [6.45, 7) is 3.77. The summed E-state index contributed by atoms with van der Waals surface area (Å²) >= 11 is 5.91. The molecule has 0 unspecified atom stereocenters. The molecule has 5 nitrogen and oxygen atoms in total. The molecular formula is C20H25ClN2O3S. The zero-order valence-electron chi connectivity index (χ0n) is 15.7. The Morgan fingerprint density at radius 2 is 1.63 bits per heavy atom. The third kappa shape index (κ3) is 5.47. The van der Waals surface area contributed by atoms with E-state index in [-0.39, 0.29) is 11.9 Å². The first kappa shape index (κ1) is 21.3. The van der Waals surface area contributed by atoms with Crippen LogP contribution >= 0.6 is 11.6 Å². The normalized spacial score (nSPS) is 13.6. The van der Waals surface area contributed by atoms with Gasteiger partial charge >= 0.3 is 0 Å². The van der Waals surface area contributed by atoms with E-state index in [0.29, 0.717) is 23.6 Å². The molecule has 146 valence electrons. The molecule has 2 atom stereocenters. The molecule has 1 N–H and O–H groups in total. The minimum atomic E-state index is -3.66. The predicted octanol–water partition coefficient (Wildman–Crippen LogP) is 4.15. The monoisotopic (exact) mass is 408 g/mol. The number of carbonyl (C=O) groups excluding carboxylic acids is 1. The van der Waals surface area contributed by atoms with Gasteiger partial charge in [-0.25, -0.2) is 8.42 Å². The number of amides is 1. The van der Waals surface area contributed by atoms with Crippen LogP contribution in [0.25, 0.3) is 0 Å². The molecule has 2 rings (SSSR count). The molecule has 27 heavy (non-hydrogen) atoms. The standard InChI is InChI=1S/C20H25ClN2O3S/c1-4-18(15-9-7-6-8-10-15)22-20(24)19(5-2)23(27(3,25)26)17-13-11-16(21)12-14-17/h6-14,18-19H,4-5H2,1-3H3,(H,22,24)/t18-,19-/m1/s1. The largest absolute Gasteiger partial charge is 0.347 e. The molecule has 1 amide bonds. The molecule has 2 aromatic rings. The molecule has 0 heterocycles. The van der Waals surface area contributed by atoms with E-state index in [4.69, 9.17) is 11.6 Å². The quantitative estimate of drug-likeness (QED) is 0.713. The first-order valence-electron chi connectivity index (χ1n) is 8.88. The number of benzene rings is 2. The van der Waals surface area contributed by atoms with E-state index >= 15 is 0 Å². The van der Waals surface area contributed by atoms with Crippen molar-refractivity contribution in [3.63, 3.8) is 0 Å². The molecule has 0 saturated carbocycles. The molecule has 0 aromatic heterocycles. The highest BCUT2D eigenvalue weighted by molar-refractivity contribution is 7.92. The molecule has 0 aliphatic rings. The highest BCUT2D eigenvalue weighted by Gasteiger charge is 2.32. The molecule has 0 aliphatic carbocycles. The lowest BCUT2D eigenvalue weighted by Crippen LogP contribution is -2.50. The fraction of sp³-hybridized carbons (Fsp3) is 0.350. The molecule has 0 fully saturated rings. The van der Waals surface area contributed by atoms with Crippen LogP contribution in [0.3, 0.4) is 0 Å². The predicted molar refractivity (Wildman–Crippen MR) is 110 cm³/mol. The number of carbonyl (C=O) groups is 1. The number of nitrogens with one attached hydrogen (secondary N) is 1. The van der Waals surface area contributed by atoms with Crippen molar-refractivity contribution in [2.24, 2.45) is 0 Å². The number of anilines is 1. The van der Waals surface area contributed by atoms with Crippen LogP contribution in [0, 0.1) is 0 Å². The number of rotatable bonds is 8. The maximum atomic E-state index is 13.0. The van der Waals surface area contributed by atoms with Crippen molar-refractivity contribution in [2.45, 2.75) is 38.8 Å². The summed E-state index contributed by atoms with van der Waals surface area (Å²) in [5.41, 5.74) is 1.40. The lowest BCUT2D eigenvalue weighted by atomic mass is 10.0. The van der Waals surface area contributed by atoms with E-state index in [9.17, 15) is 13.2 Å². The number of hydrogen-bond donors (Lipinski definition) is 1. The second-order valence-electron chi connectivity index (χ2n) is 6.34. The number of nitrogens with zero attached hydrogens (tertiary/aromatic N) is 1. The van der Waals surface area contributed by atoms with E-state index in [1.165, 1.54) is 0 Å². The topological polar surface area (TPSA) is 66.5 Å². The Morgan fingerprint density at radius 3 is 2.11 bits per heavy atom. The van der Waals surface area contributed by atoms with Crippen molar-refractivity contribution >= 4 is 33.2 Å². The van der Waals surface area contributed by atoms with Crippen molar-refractivity contribution in [3.05, 3.63) is 65.2 Å². The average molecular weight is 409 g/mol. The van der Waals surface area contributed by atoms with Gasteiger partial charge in [0.1, 0.15) is 6.04 Å². The van der Waals surface area contributed by atoms with Gasteiger partial charge in [0.05, 0.1) is 18.0 Å². The van der Waals surface area contributed by atoms with Crippen LogP contribution in [0.15, 0.2) is 54.6 Å². The van der Waals surface area contributed by atoms with Gasteiger partial charge in [-0.3, -0.25) is 9.10 Å². The summed E-state index contributed by atoms with van der Waals surface area (Å²) in [4.78, 5) is 13.0. The van der Waals surface area contributed by atoms with Gasteiger partial charge in [0.15, 0.2) is 0 Å². The van der Waals surface area contributed by atoms with Gasteiger partial charge < -0.3 is 5.32 Å². The van der Waals surface area contributed by atoms with Crippen LogP contribution in [0.4, 0.5) is 5.69 Å². The lowest BCUT2D eigenvalue weighted by Gasteiger charge is -2.31. The summed E-state index contributed by atoms with van der Waals surface area (Å²) in [5.74, 6) is -0.325. The van der Waals surface area contributed by atoms with Crippen LogP contribution in [0.1, 0.15) is 38.3 Å². The van der Waals surface area contributed by atoms with Gasteiger partial charge in [-0.1, -0.05) is 55.8 Å². The van der Waals surface area contributed by atoms with E-state index in [2.05, 4.69) is 5.32 Å². The summed E-state index contributed by atoms with van der Waals surface area (Å²) in [7, 11) is -3.66. The molecule has 0 saturated heterocycles. The zero-order chi connectivity index (χ0) is 20.0. The van der Waals surface area contributed by atoms with Gasteiger partial charge in [0, 0.05) is 5.02 Å². The number of halogens is 1. The molecule has 0 radical (unpaired) electrons. The van der Waals surface area contributed by atoms with E-state index in [1.54, 1.807) is 31.2 Å². The minimum Gasteiger partial charge on any atom is -0.347 e. The van der Waals surface area contributed by atoms with Crippen LogP contribution in [0.2, 0.25) is 5.02 Å². The first-order valence-corrected chi connectivity index (χ1v) is 11.1. The highest BCUT2D eigenvalue weighted by Crippen LogP contribution is 2.25. The third-order valence-corrected chi connectivity index (χ3v) is 5.77. The third-order valence-electron chi connectivity index (χ3n) is 4.34. The van der Waals surface area contributed by atoms with Crippen LogP contribution in [-0.2, 0) is 14.8 Å². The van der Waals surface area contributed by atoms with Crippen molar-refractivity contribution in [3.8, 4) is 0 Å². The average Bonchev–Trinajstić information content (AvgIpc) is 2.64. The zero-order valence-corrected chi connectivity index (χ0v) is 17.3. The second-order valence-corrected chi connectivity index (χ2v) is 8.64. The SMILES string of the molecule is CC[C@H](C(=O)N[C@H](CC)c1ccccc1)N(c1ccc(Cl)cc1)S(C)(=O)=O. The first-order chi connectivity index (χ1) is 12.8. The molecule has 0 spiro atoms. The Bertz CT molecular complexity index is 855. The maximum absolute atomic E-state index is 13.0. The summed E-state index contributed by atoms with van der Waals surface area (Å²) in [6, 6.07) is 15.0. The van der Waals surface area contributed by atoms with Crippen molar-refractivity contribution in [2.75, 3.05) is 10.6 Å². The Balaban J connectivity index is 2.32. The Kier molecular flexibility index (Phi) is 7.27. The molecule has 7 heteroatoms. The van der Waals surface area contributed by atoms with Gasteiger partial charge in [-0.15, -0.1) is 0 Å². The maximum Gasteiger partial charge on any atom is 0.244 e. The van der Waals surface area contributed by atoms with Crippen molar-refractivity contribution < 1.29 is 13.2 Å². The van der Waals surface area contributed by atoms with Crippen LogP contribution in [-0.4, -0.2) is 26.6 Å². The molecule has 0 bridgehead atoms. The fourth-order valence-corrected chi connectivity index (χ4v) is 4.36. The summed E-state index contributed by atoms with van der Waals surface area (Å²) < 4.78 is 26.1. The smallest absolute Gasteiger partial charge is 0.244 e. The van der Waals surface area contributed by atoms with E-state index in [0.717, 1.165) is 16.1 Å². The Hall–Kier alpha value is -2.05. The number of sulfonamides is 1. The Labute approximate surface area is 166 Å². The van der Waals surface area contributed by atoms with Crippen molar-refractivity contribution in [1.29, 1.82) is 0 Å². The molecular weight excluding hydrogens is 384 g/mol. The van der Waals surface area contributed by atoms with Gasteiger partial charge in [0.2, 0.25) is 15.9 Å². The van der Waals surface area contributed by atoms with Crippen LogP contribution < -0.4 is 9.62 Å².